The highest BCUT2D eigenvalue weighted by molar-refractivity contribution is 7.26. The largest absolute Gasteiger partial charge is 0.310 e. The van der Waals surface area contributed by atoms with Crippen LogP contribution in [0.15, 0.2) is 127 Å². The van der Waals surface area contributed by atoms with Gasteiger partial charge in [0.25, 0.3) is 0 Å². The number of benzene rings is 7. The number of nitrogens with zero attached hydrogens (tertiary/aromatic N) is 1. The number of rotatable bonds is 3. The van der Waals surface area contributed by atoms with Gasteiger partial charge in [-0.2, -0.15) is 0 Å². The van der Waals surface area contributed by atoms with Crippen molar-refractivity contribution in [1.29, 1.82) is 0 Å². The molecule has 61 heavy (non-hydrogen) atoms. The van der Waals surface area contributed by atoms with Gasteiger partial charge in [0.05, 0.1) is 5.69 Å². The van der Waals surface area contributed by atoms with Crippen molar-refractivity contribution in [1.82, 2.24) is 0 Å². The zero-order valence-corrected chi connectivity index (χ0v) is 38.8. The minimum absolute atomic E-state index is 0.0211. The molecule has 0 N–H and O–H groups in total. The summed E-state index contributed by atoms with van der Waals surface area (Å²) in [6.45, 7) is 28.7. The molecular weight excluding hydrogens is 755 g/mol. The van der Waals surface area contributed by atoms with Gasteiger partial charge in [0.2, 0.25) is 0 Å². The van der Waals surface area contributed by atoms with Crippen LogP contribution in [-0.4, -0.2) is 0 Å². The molecule has 0 spiro atoms. The fraction of sp³-hybridized carbons (Fsp3) is 0.288. The molecule has 0 amide bonds. The summed E-state index contributed by atoms with van der Waals surface area (Å²) in [6, 6.07) is 49.5. The fourth-order valence-electron chi connectivity index (χ4n) is 11.5. The number of thiophene rings is 1. The van der Waals surface area contributed by atoms with Gasteiger partial charge < -0.3 is 4.90 Å². The molecule has 3 aliphatic carbocycles. The van der Waals surface area contributed by atoms with Crippen molar-refractivity contribution in [2.75, 3.05) is 4.90 Å². The van der Waals surface area contributed by atoms with Crippen LogP contribution in [0, 0.1) is 0 Å². The smallest absolute Gasteiger partial charge is 0.0543 e. The average Bonchev–Trinajstić information content (AvgIpc) is 3.86. The standard InChI is InChI=1S/C59H57NS/c1-55(2,3)34-30-43-41-28-29-42-51-46(59(11,12)52(42)54(41)61-53(43)49(31-34)56(4,5)6)22-17-23-50(51)60(35-24-26-39-37-18-13-15-20-44(37)57(7,8)47(39)32-35)36-25-27-40-38-19-14-16-21-45(38)58(9,10)48(40)33-36/h13-33H,1-12H3. The quantitative estimate of drug-likeness (QED) is 0.172. The summed E-state index contributed by atoms with van der Waals surface area (Å²) in [5.74, 6) is 0. The first kappa shape index (κ1) is 38.5. The van der Waals surface area contributed by atoms with Crippen molar-refractivity contribution in [2.24, 2.45) is 0 Å². The highest BCUT2D eigenvalue weighted by atomic mass is 32.1. The molecule has 0 aliphatic heterocycles. The van der Waals surface area contributed by atoms with Crippen LogP contribution < -0.4 is 4.90 Å². The molecule has 8 aromatic rings. The van der Waals surface area contributed by atoms with Gasteiger partial charge in [0, 0.05) is 53.4 Å². The van der Waals surface area contributed by atoms with E-state index in [4.69, 9.17) is 0 Å². The van der Waals surface area contributed by atoms with Crippen molar-refractivity contribution in [3.63, 3.8) is 0 Å². The number of anilines is 3. The van der Waals surface area contributed by atoms with Gasteiger partial charge in [0.1, 0.15) is 0 Å². The Bertz CT molecular complexity index is 3080. The second kappa shape index (κ2) is 12.4. The lowest BCUT2D eigenvalue weighted by Crippen LogP contribution is -2.18. The lowest BCUT2D eigenvalue weighted by molar-refractivity contribution is 0.573. The summed E-state index contributed by atoms with van der Waals surface area (Å²) < 4.78 is 2.86. The molecule has 0 saturated heterocycles. The van der Waals surface area contributed by atoms with Gasteiger partial charge in [0.15, 0.2) is 0 Å². The molecule has 2 heteroatoms. The maximum absolute atomic E-state index is 2.59. The normalized spacial score (nSPS) is 16.3. The van der Waals surface area contributed by atoms with E-state index in [2.05, 4.69) is 215 Å². The van der Waals surface area contributed by atoms with E-state index in [1.807, 2.05) is 11.3 Å². The fourth-order valence-corrected chi connectivity index (χ4v) is 13.2. The number of hydrogen-bond donors (Lipinski definition) is 0. The summed E-state index contributed by atoms with van der Waals surface area (Å²) >= 11 is 2.02. The Labute approximate surface area is 367 Å². The Hall–Kier alpha value is -5.44. The van der Waals surface area contributed by atoms with Crippen molar-refractivity contribution in [2.45, 2.75) is 110 Å². The Kier molecular flexibility index (Phi) is 7.79. The monoisotopic (exact) mass is 811 g/mol. The predicted molar refractivity (Wildman–Crippen MR) is 264 cm³/mol. The Morgan fingerprint density at radius 1 is 0.426 bits per heavy atom. The molecule has 0 saturated carbocycles. The molecule has 1 aromatic heterocycles. The molecule has 1 nitrogen and oxygen atoms in total. The summed E-state index contributed by atoms with van der Waals surface area (Å²) in [4.78, 5) is 2.59. The SMILES string of the molecule is CC(C)(C)c1cc(C(C)(C)C)c2sc3c4c(ccc3c2c1)-c1c(N(c2ccc3c(c2)C(C)(C)c2ccccc2-3)c2ccc3c(c2)C(C)(C)c2ccccc2-3)cccc1C4(C)C. The summed E-state index contributed by atoms with van der Waals surface area (Å²) in [5, 5.41) is 2.78. The molecule has 1 heterocycles. The van der Waals surface area contributed by atoms with E-state index < -0.39 is 0 Å². The van der Waals surface area contributed by atoms with Crippen LogP contribution in [-0.2, 0) is 27.1 Å². The third-order valence-electron chi connectivity index (χ3n) is 14.9. The van der Waals surface area contributed by atoms with Crippen molar-refractivity contribution >= 4 is 48.6 Å². The highest BCUT2D eigenvalue weighted by Crippen LogP contribution is 2.60. The van der Waals surface area contributed by atoms with Gasteiger partial charge in [-0.1, -0.05) is 174 Å². The molecule has 3 aliphatic rings. The second-order valence-corrected chi connectivity index (χ2v) is 22.8. The number of fused-ring (bicyclic) bond motifs is 13. The topological polar surface area (TPSA) is 3.24 Å². The van der Waals surface area contributed by atoms with Crippen LogP contribution in [0.5, 0.6) is 0 Å². The summed E-state index contributed by atoms with van der Waals surface area (Å²) in [6.07, 6.45) is 0. The van der Waals surface area contributed by atoms with Crippen molar-refractivity contribution in [3.05, 3.63) is 172 Å². The lowest BCUT2D eigenvalue weighted by atomic mass is 9.79. The van der Waals surface area contributed by atoms with Crippen LogP contribution in [0.1, 0.15) is 128 Å². The van der Waals surface area contributed by atoms with E-state index in [0.717, 1.165) is 0 Å². The zero-order valence-electron chi connectivity index (χ0n) is 38.0. The minimum atomic E-state index is -0.204. The van der Waals surface area contributed by atoms with E-state index in [0.29, 0.717) is 0 Å². The maximum atomic E-state index is 2.59. The van der Waals surface area contributed by atoms with Gasteiger partial charge >= 0.3 is 0 Å². The van der Waals surface area contributed by atoms with E-state index in [1.54, 1.807) is 0 Å². The first-order valence-corrected chi connectivity index (χ1v) is 23.1. The van der Waals surface area contributed by atoms with Crippen LogP contribution in [0.4, 0.5) is 17.1 Å². The van der Waals surface area contributed by atoms with Gasteiger partial charge in [-0.15, -0.1) is 11.3 Å². The van der Waals surface area contributed by atoms with Crippen LogP contribution in [0.2, 0.25) is 0 Å². The number of hydrogen-bond acceptors (Lipinski definition) is 2. The average molecular weight is 812 g/mol. The van der Waals surface area contributed by atoms with Crippen LogP contribution in [0.3, 0.4) is 0 Å². The van der Waals surface area contributed by atoms with Crippen molar-refractivity contribution < 1.29 is 0 Å². The summed E-state index contributed by atoms with van der Waals surface area (Å²) in [5.41, 5.74) is 22.6. The molecule has 0 unspecified atom stereocenters. The first-order chi connectivity index (χ1) is 28.8. The minimum Gasteiger partial charge on any atom is -0.310 e. The van der Waals surface area contributed by atoms with E-state index in [9.17, 15) is 0 Å². The van der Waals surface area contributed by atoms with E-state index in [1.165, 1.54) is 115 Å². The second-order valence-electron chi connectivity index (χ2n) is 21.8. The van der Waals surface area contributed by atoms with Crippen molar-refractivity contribution in [3.8, 4) is 33.4 Å². The summed E-state index contributed by atoms with van der Waals surface area (Å²) in [7, 11) is 0. The molecule has 0 radical (unpaired) electrons. The van der Waals surface area contributed by atoms with Gasteiger partial charge in [-0.3, -0.25) is 0 Å². The third kappa shape index (κ3) is 5.24. The Morgan fingerprint density at radius 3 is 1.51 bits per heavy atom. The molecule has 304 valence electrons. The molecule has 11 rings (SSSR count). The predicted octanol–water partition coefficient (Wildman–Crippen LogP) is 17.0. The van der Waals surface area contributed by atoms with E-state index >= 15 is 0 Å². The third-order valence-corrected chi connectivity index (χ3v) is 16.2. The molecule has 0 fully saturated rings. The van der Waals surface area contributed by atoms with Gasteiger partial charge in [-0.05, 0) is 120 Å². The lowest BCUT2D eigenvalue weighted by Gasteiger charge is -2.31. The molecular formula is C59H57NS. The highest BCUT2D eigenvalue weighted by Gasteiger charge is 2.42. The zero-order chi connectivity index (χ0) is 42.8. The Balaban J connectivity index is 1.18. The van der Waals surface area contributed by atoms with Gasteiger partial charge in [-0.25, -0.2) is 0 Å². The molecule has 7 aromatic carbocycles. The van der Waals surface area contributed by atoms with Crippen LogP contribution >= 0.6 is 11.3 Å². The van der Waals surface area contributed by atoms with E-state index in [-0.39, 0.29) is 27.1 Å². The maximum Gasteiger partial charge on any atom is 0.0543 e. The molecule has 0 bridgehead atoms. The first-order valence-electron chi connectivity index (χ1n) is 22.3. The van der Waals surface area contributed by atoms with Crippen LogP contribution in [0.25, 0.3) is 53.6 Å². The molecule has 0 atom stereocenters. The Morgan fingerprint density at radius 2 is 0.951 bits per heavy atom.